The summed E-state index contributed by atoms with van der Waals surface area (Å²) in [6.45, 7) is 3.51. The summed E-state index contributed by atoms with van der Waals surface area (Å²) in [6.07, 6.45) is 0.565. The Balaban J connectivity index is 1.67. The van der Waals surface area contributed by atoms with Gasteiger partial charge >= 0.3 is 0 Å². The van der Waals surface area contributed by atoms with Gasteiger partial charge in [-0.2, -0.15) is 0 Å². The zero-order valence-electron chi connectivity index (χ0n) is 12.8. The Kier molecular flexibility index (Phi) is 4.20. The lowest BCUT2D eigenvalue weighted by Crippen LogP contribution is -2.20. The number of para-hydroxylation sites is 1. The van der Waals surface area contributed by atoms with Gasteiger partial charge in [0.15, 0.2) is 5.13 Å². The van der Waals surface area contributed by atoms with Gasteiger partial charge in [0.1, 0.15) is 5.82 Å². The maximum Gasteiger partial charge on any atom is 0.254 e. The number of aryl methyl sites for hydroxylation is 2. The Hall–Kier alpha value is -2.54. The third kappa shape index (κ3) is 3.45. The van der Waals surface area contributed by atoms with E-state index in [1.165, 1.54) is 11.3 Å². The van der Waals surface area contributed by atoms with E-state index in [0.717, 1.165) is 10.2 Å². The number of benzene rings is 1. The molecule has 118 valence electrons. The topological polar surface area (TPSA) is 87.7 Å². The van der Waals surface area contributed by atoms with Crippen molar-refractivity contribution in [3.05, 3.63) is 51.7 Å². The molecule has 0 aliphatic carbocycles. The number of H-pyrrole nitrogens is 1. The highest BCUT2D eigenvalue weighted by molar-refractivity contribution is 7.22. The van der Waals surface area contributed by atoms with Gasteiger partial charge < -0.3 is 10.3 Å². The number of thiazole rings is 1. The summed E-state index contributed by atoms with van der Waals surface area (Å²) in [5.41, 5.74) is 1.90. The molecular formula is C16H16N4O2S. The molecule has 0 spiro atoms. The number of fused-ring (bicyclic) bond motifs is 1. The average Bonchev–Trinajstić information content (AvgIpc) is 2.88. The number of rotatable bonds is 4. The molecule has 7 heteroatoms. The summed E-state index contributed by atoms with van der Waals surface area (Å²) in [7, 11) is 0. The number of aromatic amines is 1. The van der Waals surface area contributed by atoms with E-state index < -0.39 is 0 Å². The molecule has 0 aliphatic heterocycles. The first kappa shape index (κ1) is 15.4. The summed E-state index contributed by atoms with van der Waals surface area (Å²) in [5, 5.41) is 3.36. The first-order valence-electron chi connectivity index (χ1n) is 7.25. The highest BCUT2D eigenvalue weighted by atomic mass is 32.1. The summed E-state index contributed by atoms with van der Waals surface area (Å²) < 4.78 is 1.03. The van der Waals surface area contributed by atoms with Gasteiger partial charge in [0, 0.05) is 17.7 Å². The number of hydrogen-bond donors (Lipinski definition) is 2. The van der Waals surface area contributed by atoms with Gasteiger partial charge in [-0.15, -0.1) is 0 Å². The second-order valence-corrected chi connectivity index (χ2v) is 6.28. The van der Waals surface area contributed by atoms with Gasteiger partial charge in [0.05, 0.1) is 10.2 Å². The minimum atomic E-state index is -0.178. The first-order chi connectivity index (χ1) is 11.0. The Morgan fingerprint density at radius 3 is 2.78 bits per heavy atom. The van der Waals surface area contributed by atoms with Crippen LogP contribution in [0.3, 0.4) is 0 Å². The van der Waals surface area contributed by atoms with Crippen LogP contribution in [-0.2, 0) is 11.2 Å². The van der Waals surface area contributed by atoms with Crippen LogP contribution in [0, 0.1) is 13.8 Å². The van der Waals surface area contributed by atoms with Crippen molar-refractivity contribution in [3.63, 3.8) is 0 Å². The van der Waals surface area contributed by atoms with Crippen molar-refractivity contribution in [1.82, 2.24) is 15.0 Å². The smallest absolute Gasteiger partial charge is 0.254 e. The van der Waals surface area contributed by atoms with Crippen LogP contribution in [0.25, 0.3) is 10.2 Å². The Morgan fingerprint density at radius 2 is 2.04 bits per heavy atom. The Bertz CT molecular complexity index is 896. The second kappa shape index (κ2) is 6.29. The predicted octanol–water partition coefficient (Wildman–Crippen LogP) is 2.57. The molecule has 3 aromatic rings. The molecule has 6 nitrogen and oxygen atoms in total. The monoisotopic (exact) mass is 328 g/mol. The number of nitrogens with one attached hydrogen (secondary N) is 2. The van der Waals surface area contributed by atoms with E-state index in [4.69, 9.17) is 0 Å². The van der Waals surface area contributed by atoms with E-state index in [9.17, 15) is 9.59 Å². The van der Waals surface area contributed by atoms with Crippen LogP contribution < -0.4 is 10.9 Å². The van der Waals surface area contributed by atoms with Crippen LogP contribution >= 0.6 is 11.3 Å². The van der Waals surface area contributed by atoms with Crippen LogP contribution in [0.4, 0.5) is 5.13 Å². The molecule has 2 heterocycles. The fourth-order valence-corrected chi connectivity index (χ4v) is 3.27. The van der Waals surface area contributed by atoms with Crippen LogP contribution in [0.1, 0.15) is 23.5 Å². The predicted molar refractivity (Wildman–Crippen MR) is 90.9 cm³/mol. The third-order valence-corrected chi connectivity index (χ3v) is 4.43. The van der Waals surface area contributed by atoms with E-state index in [1.54, 1.807) is 13.8 Å². The van der Waals surface area contributed by atoms with Crippen molar-refractivity contribution in [2.45, 2.75) is 26.7 Å². The molecule has 3 rings (SSSR count). The van der Waals surface area contributed by atoms with E-state index in [2.05, 4.69) is 20.3 Å². The van der Waals surface area contributed by atoms with Crippen molar-refractivity contribution in [3.8, 4) is 0 Å². The zero-order valence-corrected chi connectivity index (χ0v) is 13.7. The fraction of sp³-hybridized carbons (Fsp3) is 0.250. The van der Waals surface area contributed by atoms with E-state index in [1.807, 2.05) is 24.3 Å². The number of anilines is 1. The normalized spacial score (nSPS) is 10.9. The highest BCUT2D eigenvalue weighted by Gasteiger charge is 2.11. The van der Waals surface area contributed by atoms with Crippen molar-refractivity contribution < 1.29 is 4.79 Å². The highest BCUT2D eigenvalue weighted by Crippen LogP contribution is 2.25. The van der Waals surface area contributed by atoms with Crippen LogP contribution in [0.2, 0.25) is 0 Å². The van der Waals surface area contributed by atoms with Crippen molar-refractivity contribution in [2.75, 3.05) is 5.32 Å². The van der Waals surface area contributed by atoms with Crippen LogP contribution in [0.15, 0.2) is 29.1 Å². The van der Waals surface area contributed by atoms with Crippen LogP contribution in [-0.4, -0.2) is 20.9 Å². The number of nitrogens with zero attached hydrogens (tertiary/aromatic N) is 2. The van der Waals surface area contributed by atoms with Crippen molar-refractivity contribution >= 4 is 32.6 Å². The van der Waals surface area contributed by atoms with Crippen molar-refractivity contribution in [1.29, 1.82) is 0 Å². The molecule has 0 aliphatic rings. The minimum absolute atomic E-state index is 0.163. The lowest BCUT2D eigenvalue weighted by atomic mass is 10.1. The second-order valence-electron chi connectivity index (χ2n) is 5.25. The number of aromatic nitrogens is 3. The molecule has 1 aromatic carbocycles. The van der Waals surface area contributed by atoms with E-state index in [-0.39, 0.29) is 17.9 Å². The van der Waals surface area contributed by atoms with E-state index >= 15 is 0 Å². The fourth-order valence-electron chi connectivity index (χ4n) is 2.39. The SMILES string of the molecule is Cc1nc(C)c(CCC(=O)Nc2nc3ccccc3s2)c(=O)[nH]1. The number of carbonyl (C=O) groups is 1. The maximum absolute atomic E-state index is 12.1. The van der Waals surface area contributed by atoms with Gasteiger partial charge in [0.25, 0.3) is 5.56 Å². The molecule has 0 bridgehead atoms. The average molecular weight is 328 g/mol. The molecule has 2 aromatic heterocycles. The number of amides is 1. The van der Waals surface area contributed by atoms with Crippen LogP contribution in [0.5, 0.6) is 0 Å². The molecule has 1 amide bonds. The lowest BCUT2D eigenvalue weighted by Gasteiger charge is -2.05. The van der Waals surface area contributed by atoms with E-state index in [0.29, 0.717) is 28.6 Å². The Morgan fingerprint density at radius 1 is 1.26 bits per heavy atom. The molecule has 0 unspecified atom stereocenters. The molecule has 0 fully saturated rings. The zero-order chi connectivity index (χ0) is 16.4. The van der Waals surface area contributed by atoms with Gasteiger partial charge in [-0.3, -0.25) is 9.59 Å². The summed E-state index contributed by atoms with van der Waals surface area (Å²) in [5.74, 6) is 0.415. The molecule has 2 N–H and O–H groups in total. The molecule has 0 saturated heterocycles. The van der Waals surface area contributed by atoms with Gasteiger partial charge in [-0.25, -0.2) is 9.97 Å². The van der Waals surface area contributed by atoms with Gasteiger partial charge in [0.2, 0.25) is 5.91 Å². The van der Waals surface area contributed by atoms with Gasteiger partial charge in [-0.05, 0) is 32.4 Å². The molecule has 0 radical (unpaired) electrons. The largest absolute Gasteiger partial charge is 0.311 e. The number of hydrogen-bond acceptors (Lipinski definition) is 5. The molecule has 0 atom stereocenters. The first-order valence-corrected chi connectivity index (χ1v) is 8.06. The molecule has 23 heavy (non-hydrogen) atoms. The summed E-state index contributed by atoms with van der Waals surface area (Å²) in [4.78, 5) is 35.2. The Labute approximate surface area is 136 Å². The van der Waals surface area contributed by atoms with Gasteiger partial charge in [-0.1, -0.05) is 23.5 Å². The molecule has 0 saturated carbocycles. The quantitative estimate of drug-likeness (QED) is 0.770. The van der Waals surface area contributed by atoms with Crippen molar-refractivity contribution in [2.24, 2.45) is 0 Å². The lowest BCUT2D eigenvalue weighted by molar-refractivity contribution is -0.116. The summed E-state index contributed by atoms with van der Waals surface area (Å²) in [6, 6.07) is 7.71. The third-order valence-electron chi connectivity index (χ3n) is 3.48. The molecular weight excluding hydrogens is 312 g/mol. The maximum atomic E-state index is 12.1. The standard InChI is InChI=1S/C16H16N4O2S/c1-9-11(15(22)18-10(2)17-9)7-8-14(21)20-16-19-12-5-3-4-6-13(12)23-16/h3-6H,7-8H2,1-2H3,(H,17,18,22)(H,19,20,21). The number of carbonyl (C=O) groups excluding carboxylic acids is 1. The minimum Gasteiger partial charge on any atom is -0.311 e. The summed E-state index contributed by atoms with van der Waals surface area (Å²) >= 11 is 1.43.